The van der Waals surface area contributed by atoms with Crippen LogP contribution in [0.1, 0.15) is 13.1 Å². The highest BCUT2D eigenvalue weighted by molar-refractivity contribution is 5.55. The van der Waals surface area contributed by atoms with Gasteiger partial charge < -0.3 is 4.74 Å². The van der Waals surface area contributed by atoms with Gasteiger partial charge in [0.15, 0.2) is 6.29 Å². The van der Waals surface area contributed by atoms with E-state index in [0.29, 0.717) is 13.2 Å². The number of aromatic nitrogens is 2. The van der Waals surface area contributed by atoms with Crippen LogP contribution in [0.25, 0.3) is 0 Å². The number of aldehydes is 1. The summed E-state index contributed by atoms with van der Waals surface area (Å²) in [7, 11) is 0. The van der Waals surface area contributed by atoms with E-state index in [1.165, 1.54) is 0 Å². The summed E-state index contributed by atoms with van der Waals surface area (Å²) in [5.41, 5.74) is 0. The minimum atomic E-state index is -0.198. The minimum absolute atomic E-state index is 0.198. The number of imidazole rings is 1. The molecule has 1 aromatic heterocycles. The second-order valence-corrected chi connectivity index (χ2v) is 3.89. The molecule has 1 aliphatic rings. The molecule has 1 unspecified atom stereocenters. The molecule has 1 atom stereocenters. The topological polar surface area (TPSA) is 38.3 Å². The van der Waals surface area contributed by atoms with E-state index < -0.39 is 0 Å². The molecule has 1 fully saturated rings. The van der Waals surface area contributed by atoms with Crippen molar-refractivity contribution in [3.63, 3.8) is 0 Å². The van der Waals surface area contributed by atoms with Gasteiger partial charge in [-0.25, -0.2) is 9.13 Å². The average Bonchev–Trinajstić information content (AvgIpc) is 2.80. The Morgan fingerprint density at radius 3 is 2.81 bits per heavy atom. The Bertz CT molecular complexity index is 345. The molecule has 0 radical (unpaired) electrons. The highest BCUT2D eigenvalue weighted by Gasteiger charge is 2.25. The van der Waals surface area contributed by atoms with Crippen LogP contribution in [-0.2, 0) is 16.1 Å². The predicted molar refractivity (Wildman–Crippen MR) is 57.8 cm³/mol. The molecule has 0 amide bonds. The largest absolute Gasteiger partial charge is 0.379 e. The van der Waals surface area contributed by atoms with Crippen LogP contribution in [0.5, 0.6) is 0 Å². The molecule has 16 heavy (non-hydrogen) atoms. The van der Waals surface area contributed by atoms with E-state index in [4.69, 9.17) is 4.74 Å². The van der Waals surface area contributed by atoms with Crippen molar-refractivity contribution in [1.29, 1.82) is 0 Å². The second-order valence-electron chi connectivity index (χ2n) is 3.89. The summed E-state index contributed by atoms with van der Waals surface area (Å²) in [5, 5.41) is 0. The molecule has 0 saturated carbocycles. The quantitative estimate of drug-likeness (QED) is 0.526. The maximum Gasteiger partial charge on any atom is 0.245 e. The lowest BCUT2D eigenvalue weighted by atomic mass is 10.3. The van der Waals surface area contributed by atoms with Gasteiger partial charge in [-0.2, -0.15) is 0 Å². The first-order valence-electron chi connectivity index (χ1n) is 5.68. The van der Waals surface area contributed by atoms with Crippen LogP contribution >= 0.6 is 0 Å². The zero-order chi connectivity index (χ0) is 11.4. The van der Waals surface area contributed by atoms with Gasteiger partial charge in [-0.15, -0.1) is 0 Å². The molecule has 1 aromatic rings. The zero-order valence-corrected chi connectivity index (χ0v) is 9.58. The van der Waals surface area contributed by atoms with Crippen LogP contribution in [-0.4, -0.2) is 42.1 Å². The van der Waals surface area contributed by atoms with Crippen molar-refractivity contribution in [3.05, 3.63) is 18.7 Å². The van der Waals surface area contributed by atoms with Gasteiger partial charge in [0.25, 0.3) is 0 Å². The summed E-state index contributed by atoms with van der Waals surface area (Å²) >= 11 is 0. The van der Waals surface area contributed by atoms with Crippen LogP contribution in [0.15, 0.2) is 18.7 Å². The number of hydrogen-bond acceptors (Lipinski definition) is 3. The molecular formula is C11H18N3O2+. The second kappa shape index (κ2) is 5.23. The third-order valence-corrected chi connectivity index (χ3v) is 2.92. The Kier molecular flexibility index (Phi) is 3.69. The zero-order valence-electron chi connectivity index (χ0n) is 9.58. The number of ether oxygens (including phenoxy) is 1. The van der Waals surface area contributed by atoms with Gasteiger partial charge in [0.2, 0.25) is 12.5 Å². The number of carbonyl (C=O) groups is 1. The first-order valence-corrected chi connectivity index (χ1v) is 5.68. The minimum Gasteiger partial charge on any atom is -0.379 e. The van der Waals surface area contributed by atoms with E-state index in [1.54, 1.807) is 0 Å². The maximum atomic E-state index is 11.2. The Morgan fingerprint density at radius 2 is 2.25 bits per heavy atom. The van der Waals surface area contributed by atoms with E-state index in [2.05, 4.69) is 16.4 Å². The summed E-state index contributed by atoms with van der Waals surface area (Å²) in [6, 6.07) is 0. The lowest BCUT2D eigenvalue weighted by molar-refractivity contribution is -0.693. The molecule has 0 N–H and O–H groups in total. The fourth-order valence-electron chi connectivity index (χ4n) is 1.94. The van der Waals surface area contributed by atoms with Gasteiger partial charge in [0, 0.05) is 13.1 Å². The first kappa shape index (κ1) is 11.3. The third-order valence-electron chi connectivity index (χ3n) is 2.92. The Labute approximate surface area is 95.2 Å². The molecule has 5 heteroatoms. The molecule has 2 rings (SSSR count). The highest BCUT2D eigenvalue weighted by atomic mass is 16.5. The van der Waals surface area contributed by atoms with Gasteiger partial charge in [0.1, 0.15) is 12.4 Å². The molecule has 0 aromatic carbocycles. The number of aryl methyl sites for hydroxylation is 1. The van der Waals surface area contributed by atoms with Crippen LogP contribution in [0.3, 0.4) is 0 Å². The van der Waals surface area contributed by atoms with Crippen molar-refractivity contribution in [1.82, 2.24) is 9.47 Å². The van der Waals surface area contributed by atoms with Crippen LogP contribution in [0.2, 0.25) is 0 Å². The monoisotopic (exact) mass is 224 g/mol. The van der Waals surface area contributed by atoms with E-state index in [9.17, 15) is 4.79 Å². The van der Waals surface area contributed by atoms with Gasteiger partial charge in [-0.05, 0) is 6.92 Å². The Balaban J connectivity index is 2.11. The van der Waals surface area contributed by atoms with Crippen molar-refractivity contribution >= 4 is 6.29 Å². The summed E-state index contributed by atoms with van der Waals surface area (Å²) in [6.45, 7) is 6.04. The molecule has 0 spiro atoms. The standard InChI is InChI=1S/C11H18N3O2/c1-2-12-3-4-14(10-12)11(9-15)13-5-7-16-8-6-13/h3-4,9-11H,2,5-8H2,1H3/q+1. The van der Waals surface area contributed by atoms with Crippen LogP contribution in [0.4, 0.5) is 0 Å². The molecule has 1 aliphatic heterocycles. The number of hydrogen-bond donors (Lipinski definition) is 0. The predicted octanol–water partition coefficient (Wildman–Crippen LogP) is -0.175. The molecular weight excluding hydrogens is 206 g/mol. The van der Waals surface area contributed by atoms with Crippen molar-refractivity contribution < 1.29 is 14.1 Å². The van der Waals surface area contributed by atoms with E-state index in [0.717, 1.165) is 25.9 Å². The molecule has 0 aliphatic carbocycles. The Hall–Kier alpha value is -1.20. The van der Waals surface area contributed by atoms with Crippen molar-refractivity contribution in [2.24, 2.45) is 0 Å². The summed E-state index contributed by atoms with van der Waals surface area (Å²) < 4.78 is 9.28. The van der Waals surface area contributed by atoms with Gasteiger partial charge in [-0.1, -0.05) is 0 Å². The molecule has 5 nitrogen and oxygen atoms in total. The van der Waals surface area contributed by atoms with Gasteiger partial charge in [0.05, 0.1) is 19.8 Å². The fourth-order valence-corrected chi connectivity index (χ4v) is 1.94. The lowest BCUT2D eigenvalue weighted by Gasteiger charge is -2.28. The summed E-state index contributed by atoms with van der Waals surface area (Å²) in [5.74, 6) is 0. The van der Waals surface area contributed by atoms with Gasteiger partial charge in [-0.3, -0.25) is 9.69 Å². The molecule has 88 valence electrons. The Morgan fingerprint density at radius 1 is 1.50 bits per heavy atom. The summed E-state index contributed by atoms with van der Waals surface area (Å²) in [6.07, 6.45) is 6.69. The smallest absolute Gasteiger partial charge is 0.245 e. The van der Waals surface area contributed by atoms with Crippen molar-refractivity contribution in [2.45, 2.75) is 19.6 Å². The average molecular weight is 224 g/mol. The highest BCUT2D eigenvalue weighted by Crippen LogP contribution is 2.11. The molecule has 1 saturated heterocycles. The third kappa shape index (κ3) is 2.31. The van der Waals surface area contributed by atoms with E-state index in [-0.39, 0.29) is 6.17 Å². The summed E-state index contributed by atoms with van der Waals surface area (Å²) in [4.78, 5) is 13.3. The fraction of sp³-hybridized carbons (Fsp3) is 0.636. The number of nitrogens with zero attached hydrogens (tertiary/aromatic N) is 3. The van der Waals surface area contributed by atoms with E-state index in [1.807, 2.05) is 23.3 Å². The van der Waals surface area contributed by atoms with Gasteiger partial charge >= 0.3 is 0 Å². The maximum absolute atomic E-state index is 11.2. The number of rotatable bonds is 4. The number of carbonyl (C=O) groups excluding carboxylic acids is 1. The van der Waals surface area contributed by atoms with Crippen LogP contribution in [0, 0.1) is 0 Å². The van der Waals surface area contributed by atoms with Crippen LogP contribution < -0.4 is 4.57 Å². The van der Waals surface area contributed by atoms with Crippen molar-refractivity contribution in [2.75, 3.05) is 26.3 Å². The van der Waals surface area contributed by atoms with E-state index >= 15 is 0 Å². The first-order chi connectivity index (χ1) is 7.85. The molecule has 0 bridgehead atoms. The SMILES string of the molecule is CC[n+]1ccn(C(C=O)N2CCOCC2)c1. The van der Waals surface area contributed by atoms with Crippen molar-refractivity contribution in [3.8, 4) is 0 Å². The number of morpholine rings is 1. The normalized spacial score (nSPS) is 19.6. The lowest BCUT2D eigenvalue weighted by Crippen LogP contribution is -2.42. The molecule has 2 heterocycles.